The molecule has 1 aromatic rings. The van der Waals surface area contributed by atoms with Crippen LogP contribution in [-0.2, 0) is 16.1 Å². The van der Waals surface area contributed by atoms with E-state index in [0.717, 1.165) is 5.56 Å². The van der Waals surface area contributed by atoms with Crippen LogP contribution < -0.4 is 5.73 Å². The predicted molar refractivity (Wildman–Crippen MR) is 61.6 cm³/mol. The zero-order valence-corrected chi connectivity index (χ0v) is 9.45. The molecule has 94 valence electrons. The van der Waals surface area contributed by atoms with Crippen LogP contribution in [-0.4, -0.2) is 29.0 Å². The predicted octanol–water partition coefficient (Wildman–Crippen LogP) is 0.00550. The summed E-state index contributed by atoms with van der Waals surface area (Å²) in [5.74, 6) is -1.48. The zero-order chi connectivity index (χ0) is 12.7. The van der Waals surface area contributed by atoms with E-state index in [-0.39, 0.29) is 19.6 Å². The summed E-state index contributed by atoms with van der Waals surface area (Å²) in [7, 11) is 0. The second-order valence-corrected chi connectivity index (χ2v) is 3.70. The molecule has 0 aliphatic heterocycles. The van der Waals surface area contributed by atoms with Gasteiger partial charge >= 0.3 is 5.97 Å². The molecule has 0 aliphatic carbocycles. The second kappa shape index (κ2) is 7.01. The van der Waals surface area contributed by atoms with Crippen LogP contribution in [0.5, 0.6) is 0 Å². The number of aliphatic hydroxyl groups is 2. The first-order chi connectivity index (χ1) is 8.15. The molecule has 0 spiro atoms. The highest BCUT2D eigenvalue weighted by Crippen LogP contribution is 2.10. The van der Waals surface area contributed by atoms with E-state index in [1.54, 1.807) is 0 Å². The molecular formula is C12H17NO4. The number of carbonyl (C=O) groups is 1. The Kier molecular flexibility index (Phi) is 5.62. The van der Waals surface area contributed by atoms with Gasteiger partial charge in [-0.3, -0.25) is 4.79 Å². The highest BCUT2D eigenvalue weighted by atomic mass is 16.5. The number of hydrogen-bond donors (Lipinski definition) is 3. The fourth-order valence-corrected chi connectivity index (χ4v) is 1.40. The Morgan fingerprint density at radius 3 is 2.53 bits per heavy atom. The first-order valence-corrected chi connectivity index (χ1v) is 5.40. The molecule has 5 heteroatoms. The summed E-state index contributed by atoms with van der Waals surface area (Å²) in [6, 6.07) is 9.20. The van der Waals surface area contributed by atoms with Gasteiger partial charge in [0.1, 0.15) is 12.8 Å². The quantitative estimate of drug-likeness (QED) is 0.480. The van der Waals surface area contributed by atoms with Crippen LogP contribution >= 0.6 is 0 Å². The van der Waals surface area contributed by atoms with Crippen LogP contribution in [0.4, 0.5) is 0 Å². The Morgan fingerprint density at radius 1 is 1.35 bits per heavy atom. The summed E-state index contributed by atoms with van der Waals surface area (Å²) in [5.41, 5.74) is 6.09. The Morgan fingerprint density at radius 2 is 2.00 bits per heavy atom. The van der Waals surface area contributed by atoms with Crippen LogP contribution in [0.25, 0.3) is 0 Å². The molecule has 2 atom stereocenters. The first-order valence-electron chi connectivity index (χ1n) is 5.40. The normalized spacial score (nSPS) is 14.1. The van der Waals surface area contributed by atoms with Crippen molar-refractivity contribution in [3.63, 3.8) is 0 Å². The maximum absolute atomic E-state index is 11.6. The van der Waals surface area contributed by atoms with Crippen LogP contribution in [0.1, 0.15) is 12.0 Å². The van der Waals surface area contributed by atoms with Gasteiger partial charge in [-0.2, -0.15) is 0 Å². The van der Waals surface area contributed by atoms with Gasteiger partial charge in [-0.15, -0.1) is 0 Å². The molecule has 17 heavy (non-hydrogen) atoms. The van der Waals surface area contributed by atoms with Crippen LogP contribution in [0.3, 0.4) is 0 Å². The third-order valence-electron chi connectivity index (χ3n) is 2.38. The van der Waals surface area contributed by atoms with Gasteiger partial charge in [0.15, 0.2) is 0 Å². The minimum atomic E-state index is -1.31. The largest absolute Gasteiger partial charge is 0.460 e. The summed E-state index contributed by atoms with van der Waals surface area (Å²) in [6.45, 7) is -0.0896. The molecule has 1 rings (SSSR count). The number of hydrogen-bond acceptors (Lipinski definition) is 5. The second-order valence-electron chi connectivity index (χ2n) is 3.70. The van der Waals surface area contributed by atoms with E-state index in [2.05, 4.69) is 0 Å². The lowest BCUT2D eigenvalue weighted by Crippen LogP contribution is -2.36. The van der Waals surface area contributed by atoms with Crippen molar-refractivity contribution in [3.05, 3.63) is 35.9 Å². The van der Waals surface area contributed by atoms with Crippen LogP contribution in [0.15, 0.2) is 30.3 Å². The lowest BCUT2D eigenvalue weighted by atomic mass is 10.1. The third-order valence-corrected chi connectivity index (χ3v) is 2.38. The maximum Gasteiger partial charge on any atom is 0.313 e. The van der Waals surface area contributed by atoms with Gasteiger partial charge < -0.3 is 20.7 Å². The van der Waals surface area contributed by atoms with Crippen molar-refractivity contribution in [1.29, 1.82) is 0 Å². The Bertz CT molecular complexity index is 340. The number of nitrogens with two attached hydrogens (primary N) is 1. The van der Waals surface area contributed by atoms with E-state index in [0.29, 0.717) is 0 Å². The highest BCUT2D eigenvalue weighted by Gasteiger charge is 2.25. The highest BCUT2D eigenvalue weighted by molar-refractivity contribution is 5.73. The minimum absolute atomic E-state index is 0.0886. The number of benzene rings is 1. The van der Waals surface area contributed by atoms with E-state index >= 15 is 0 Å². The van der Waals surface area contributed by atoms with Crippen molar-refractivity contribution in [3.8, 4) is 0 Å². The zero-order valence-electron chi connectivity index (χ0n) is 9.45. The molecule has 5 nitrogen and oxygen atoms in total. The van der Waals surface area contributed by atoms with Crippen molar-refractivity contribution in [2.75, 3.05) is 6.61 Å². The van der Waals surface area contributed by atoms with E-state index in [1.165, 1.54) is 0 Å². The lowest BCUT2D eigenvalue weighted by molar-refractivity contribution is -0.154. The van der Waals surface area contributed by atoms with E-state index < -0.39 is 18.1 Å². The van der Waals surface area contributed by atoms with E-state index in [9.17, 15) is 9.90 Å². The number of rotatable bonds is 6. The minimum Gasteiger partial charge on any atom is -0.460 e. The molecule has 0 aliphatic rings. The first kappa shape index (κ1) is 13.6. The van der Waals surface area contributed by atoms with Gasteiger partial charge in [-0.05, 0) is 12.0 Å². The van der Waals surface area contributed by atoms with Gasteiger partial charge in [0.25, 0.3) is 0 Å². The molecule has 0 fully saturated rings. The van der Waals surface area contributed by atoms with E-state index in [1.807, 2.05) is 30.3 Å². The molecule has 0 saturated carbocycles. The molecule has 0 heterocycles. The standard InChI is InChI=1S/C12H17NO4/c13-11(15)10(6-7-14)12(16)17-8-9-4-2-1-3-5-9/h1-5,10-11,14-15H,6-8,13H2/t10?,11-/m1/s1. The Hall–Kier alpha value is -1.43. The van der Waals surface area contributed by atoms with Gasteiger partial charge in [0, 0.05) is 6.61 Å². The monoisotopic (exact) mass is 239 g/mol. The number of carbonyl (C=O) groups excluding carboxylic acids is 1. The summed E-state index contributed by atoms with van der Waals surface area (Å²) >= 11 is 0. The molecule has 1 unspecified atom stereocenters. The summed E-state index contributed by atoms with van der Waals surface area (Å²) in [6.07, 6.45) is -1.23. The lowest BCUT2D eigenvalue weighted by Gasteiger charge is -2.17. The molecule has 4 N–H and O–H groups in total. The summed E-state index contributed by atoms with van der Waals surface area (Å²) < 4.78 is 5.01. The number of ether oxygens (including phenoxy) is 1. The smallest absolute Gasteiger partial charge is 0.313 e. The molecular weight excluding hydrogens is 222 g/mol. The Balaban J connectivity index is 2.47. The molecule has 0 saturated heterocycles. The van der Waals surface area contributed by atoms with Crippen LogP contribution in [0, 0.1) is 5.92 Å². The molecule has 0 amide bonds. The fourth-order valence-electron chi connectivity index (χ4n) is 1.40. The maximum atomic E-state index is 11.6. The topological polar surface area (TPSA) is 92.8 Å². The van der Waals surface area contributed by atoms with Crippen molar-refractivity contribution < 1.29 is 19.7 Å². The Labute approximate surface area is 99.8 Å². The fraction of sp³-hybridized carbons (Fsp3) is 0.417. The van der Waals surface area contributed by atoms with Gasteiger partial charge in [-0.1, -0.05) is 30.3 Å². The van der Waals surface area contributed by atoms with Gasteiger partial charge in [0.2, 0.25) is 0 Å². The van der Waals surface area contributed by atoms with E-state index in [4.69, 9.17) is 15.6 Å². The average Bonchev–Trinajstić information content (AvgIpc) is 2.34. The van der Waals surface area contributed by atoms with Gasteiger partial charge in [-0.25, -0.2) is 0 Å². The number of aliphatic hydroxyl groups excluding tert-OH is 2. The van der Waals surface area contributed by atoms with Crippen molar-refractivity contribution in [2.24, 2.45) is 11.7 Å². The summed E-state index contributed by atoms with van der Waals surface area (Å²) in [4.78, 5) is 11.6. The molecule has 0 bridgehead atoms. The molecule has 0 radical (unpaired) electrons. The average molecular weight is 239 g/mol. The molecule has 0 aromatic heterocycles. The summed E-state index contributed by atoms with van der Waals surface area (Å²) in [5, 5.41) is 17.9. The number of esters is 1. The van der Waals surface area contributed by atoms with Crippen molar-refractivity contribution in [1.82, 2.24) is 0 Å². The van der Waals surface area contributed by atoms with Crippen molar-refractivity contribution >= 4 is 5.97 Å². The molecule has 1 aromatic carbocycles. The third kappa shape index (κ3) is 4.52. The van der Waals surface area contributed by atoms with Crippen molar-refractivity contribution in [2.45, 2.75) is 19.3 Å². The van der Waals surface area contributed by atoms with Crippen LogP contribution in [0.2, 0.25) is 0 Å². The van der Waals surface area contributed by atoms with Gasteiger partial charge in [0.05, 0.1) is 5.92 Å². The SMILES string of the molecule is N[C@H](O)C(CCO)C(=O)OCc1ccccc1.